The zero-order valence-electron chi connectivity index (χ0n) is 15.3. The van der Waals surface area contributed by atoms with Gasteiger partial charge in [-0.05, 0) is 44.0 Å². The summed E-state index contributed by atoms with van der Waals surface area (Å²) in [7, 11) is 0. The Bertz CT molecular complexity index is 869. The molecule has 0 saturated heterocycles. The number of halogens is 1. The third kappa shape index (κ3) is 7.10. The molecule has 2 aromatic heterocycles. The van der Waals surface area contributed by atoms with Crippen molar-refractivity contribution in [1.82, 2.24) is 20.6 Å². The largest absolute Gasteiger partial charge is 0.444 e. The van der Waals surface area contributed by atoms with Gasteiger partial charge < -0.3 is 20.4 Å². The van der Waals surface area contributed by atoms with Crippen LogP contribution < -0.4 is 16.2 Å². The molecule has 2 aromatic rings. The molecule has 0 bridgehead atoms. The van der Waals surface area contributed by atoms with E-state index in [1.165, 1.54) is 18.3 Å². The van der Waals surface area contributed by atoms with Crippen molar-refractivity contribution < 1.29 is 14.3 Å². The van der Waals surface area contributed by atoms with Gasteiger partial charge in [0.15, 0.2) is 0 Å². The Kier molecular flexibility index (Phi) is 6.57. The van der Waals surface area contributed by atoms with Gasteiger partial charge in [-0.25, -0.2) is 9.78 Å². The number of H-pyrrole nitrogens is 1. The van der Waals surface area contributed by atoms with Gasteiger partial charge in [-0.2, -0.15) is 0 Å². The molecule has 2 amide bonds. The summed E-state index contributed by atoms with van der Waals surface area (Å²) < 4.78 is 5.16. The minimum absolute atomic E-state index is 0.118. The summed E-state index contributed by atoms with van der Waals surface area (Å²) in [5.41, 5.74) is 0.635. The normalized spacial score (nSPS) is 11.0. The molecule has 144 valence electrons. The van der Waals surface area contributed by atoms with Crippen molar-refractivity contribution in [2.24, 2.45) is 0 Å². The number of pyridine rings is 2. The Balaban J connectivity index is 1.98. The number of carbonyl (C=O) groups is 2. The van der Waals surface area contributed by atoms with Crippen molar-refractivity contribution in [2.45, 2.75) is 39.5 Å². The molecule has 9 heteroatoms. The quantitative estimate of drug-likeness (QED) is 0.676. The number of carbonyl (C=O) groups excluding carboxylic acids is 2. The van der Waals surface area contributed by atoms with Crippen LogP contribution in [0.3, 0.4) is 0 Å². The van der Waals surface area contributed by atoms with E-state index in [0.29, 0.717) is 5.56 Å². The van der Waals surface area contributed by atoms with E-state index in [-0.39, 0.29) is 29.5 Å². The fourth-order valence-corrected chi connectivity index (χ4v) is 2.31. The second-order valence-electron chi connectivity index (χ2n) is 6.78. The lowest BCUT2D eigenvalue weighted by atomic mass is 10.2. The van der Waals surface area contributed by atoms with Crippen molar-refractivity contribution in [2.75, 3.05) is 0 Å². The molecule has 8 nitrogen and oxygen atoms in total. The number of hydrogen-bond donors (Lipinski definition) is 3. The number of nitrogens with one attached hydrogen (secondary N) is 3. The van der Waals surface area contributed by atoms with Gasteiger partial charge in [0.25, 0.3) is 5.91 Å². The Labute approximate surface area is 161 Å². The van der Waals surface area contributed by atoms with Crippen molar-refractivity contribution in [3.8, 4) is 0 Å². The Hall–Kier alpha value is -2.87. The highest BCUT2D eigenvalue weighted by Crippen LogP contribution is 2.12. The zero-order chi connectivity index (χ0) is 20.0. The number of nitrogens with zero attached hydrogens (tertiary/aromatic N) is 1. The highest BCUT2D eigenvalue weighted by Gasteiger charge is 2.16. The van der Waals surface area contributed by atoms with E-state index in [1.807, 2.05) is 0 Å². The molecule has 0 unspecified atom stereocenters. The SMILES string of the molecule is CC(C)(C)OC(=O)NCc1cc(Cl)nc(C(=O)NCc2ccc(=O)[nH]c2)c1. The van der Waals surface area contributed by atoms with Gasteiger partial charge in [-0.3, -0.25) is 9.59 Å². The van der Waals surface area contributed by atoms with Crippen molar-refractivity contribution in [3.05, 3.63) is 62.8 Å². The van der Waals surface area contributed by atoms with Gasteiger partial charge in [-0.1, -0.05) is 17.7 Å². The van der Waals surface area contributed by atoms with Crippen LogP contribution >= 0.6 is 11.6 Å². The molecule has 0 saturated carbocycles. The number of amides is 2. The second-order valence-corrected chi connectivity index (χ2v) is 7.17. The standard InChI is InChI=1S/C18H21ClN4O4/c1-18(2,3)27-17(26)22-10-12-6-13(23-14(19)7-12)16(25)21-9-11-4-5-15(24)20-8-11/h4-8H,9-10H2,1-3H3,(H,20,24)(H,21,25)(H,22,26). The van der Waals surface area contributed by atoms with Crippen LogP contribution in [-0.2, 0) is 17.8 Å². The molecule has 27 heavy (non-hydrogen) atoms. The number of aromatic amines is 1. The predicted molar refractivity (Wildman–Crippen MR) is 101 cm³/mol. The first-order chi connectivity index (χ1) is 12.6. The molecule has 2 rings (SSSR count). The van der Waals surface area contributed by atoms with Crippen molar-refractivity contribution >= 4 is 23.6 Å². The van der Waals surface area contributed by atoms with E-state index in [2.05, 4.69) is 20.6 Å². The lowest BCUT2D eigenvalue weighted by Crippen LogP contribution is -2.32. The van der Waals surface area contributed by atoms with Crippen LogP contribution in [-0.4, -0.2) is 27.6 Å². The maximum absolute atomic E-state index is 12.3. The van der Waals surface area contributed by atoms with Crippen LogP contribution in [0.25, 0.3) is 0 Å². The lowest BCUT2D eigenvalue weighted by Gasteiger charge is -2.19. The lowest BCUT2D eigenvalue weighted by molar-refractivity contribution is 0.0523. The molecule has 0 atom stereocenters. The zero-order valence-corrected chi connectivity index (χ0v) is 16.0. The van der Waals surface area contributed by atoms with E-state index in [4.69, 9.17) is 16.3 Å². The first-order valence-electron chi connectivity index (χ1n) is 8.21. The predicted octanol–water partition coefficient (Wildman–Crippen LogP) is 2.38. The molecule has 2 heterocycles. The number of alkyl carbamates (subject to hydrolysis) is 1. The first-order valence-corrected chi connectivity index (χ1v) is 8.59. The van der Waals surface area contributed by atoms with E-state index in [0.717, 1.165) is 5.56 Å². The highest BCUT2D eigenvalue weighted by molar-refractivity contribution is 6.29. The molecule has 0 aliphatic heterocycles. The van der Waals surface area contributed by atoms with Crippen LogP contribution in [0.2, 0.25) is 5.15 Å². The number of hydrogen-bond acceptors (Lipinski definition) is 5. The van der Waals surface area contributed by atoms with Gasteiger partial charge in [-0.15, -0.1) is 0 Å². The second kappa shape index (κ2) is 8.68. The molecule has 0 radical (unpaired) electrons. The van der Waals surface area contributed by atoms with E-state index >= 15 is 0 Å². The van der Waals surface area contributed by atoms with Crippen LogP contribution in [0.4, 0.5) is 4.79 Å². The average molecular weight is 393 g/mol. The molecular weight excluding hydrogens is 372 g/mol. The van der Waals surface area contributed by atoms with Gasteiger partial charge in [0.2, 0.25) is 5.56 Å². The maximum atomic E-state index is 12.3. The van der Waals surface area contributed by atoms with Crippen LogP contribution in [0.5, 0.6) is 0 Å². The van der Waals surface area contributed by atoms with E-state index < -0.39 is 17.6 Å². The summed E-state index contributed by atoms with van der Waals surface area (Å²) >= 11 is 5.98. The third-order valence-corrected chi connectivity index (χ3v) is 3.42. The monoisotopic (exact) mass is 392 g/mol. The summed E-state index contributed by atoms with van der Waals surface area (Å²) in [5.74, 6) is -0.429. The summed E-state index contributed by atoms with van der Waals surface area (Å²) in [5, 5.41) is 5.42. The van der Waals surface area contributed by atoms with E-state index in [9.17, 15) is 14.4 Å². The van der Waals surface area contributed by atoms with Gasteiger partial charge in [0, 0.05) is 25.4 Å². The fourth-order valence-electron chi connectivity index (χ4n) is 2.08. The molecule has 0 aliphatic carbocycles. The van der Waals surface area contributed by atoms with Gasteiger partial charge in [0.05, 0.1) is 0 Å². The van der Waals surface area contributed by atoms with Gasteiger partial charge >= 0.3 is 6.09 Å². The molecule has 0 aromatic carbocycles. The summed E-state index contributed by atoms with van der Waals surface area (Å²) in [6.45, 7) is 5.65. The first kappa shape index (κ1) is 20.4. The maximum Gasteiger partial charge on any atom is 0.407 e. The molecule has 0 aliphatic rings. The van der Waals surface area contributed by atoms with Gasteiger partial charge in [0.1, 0.15) is 16.4 Å². The molecule has 3 N–H and O–H groups in total. The summed E-state index contributed by atoms with van der Waals surface area (Å²) in [4.78, 5) is 41.6. The van der Waals surface area contributed by atoms with Crippen LogP contribution in [0, 0.1) is 0 Å². The number of aromatic nitrogens is 2. The van der Waals surface area contributed by atoms with Crippen LogP contribution in [0.1, 0.15) is 42.4 Å². The highest BCUT2D eigenvalue weighted by atomic mass is 35.5. The number of ether oxygens (including phenoxy) is 1. The average Bonchev–Trinajstić information content (AvgIpc) is 2.57. The smallest absolute Gasteiger partial charge is 0.407 e. The van der Waals surface area contributed by atoms with Crippen molar-refractivity contribution in [1.29, 1.82) is 0 Å². The Morgan fingerprint density at radius 1 is 1.15 bits per heavy atom. The Morgan fingerprint density at radius 3 is 2.48 bits per heavy atom. The molecule has 0 fully saturated rings. The summed E-state index contributed by atoms with van der Waals surface area (Å²) in [6, 6.07) is 6.07. The molecule has 0 spiro atoms. The topological polar surface area (TPSA) is 113 Å². The van der Waals surface area contributed by atoms with Crippen LogP contribution in [0.15, 0.2) is 35.3 Å². The minimum atomic E-state index is -0.604. The Morgan fingerprint density at radius 2 is 1.85 bits per heavy atom. The fraction of sp³-hybridized carbons (Fsp3) is 0.333. The van der Waals surface area contributed by atoms with E-state index in [1.54, 1.807) is 32.9 Å². The third-order valence-electron chi connectivity index (χ3n) is 3.22. The molecular formula is C18H21ClN4O4. The summed E-state index contributed by atoms with van der Waals surface area (Å²) in [6.07, 6.45) is 0.948. The number of rotatable bonds is 5. The minimum Gasteiger partial charge on any atom is -0.444 e. The van der Waals surface area contributed by atoms with Crippen molar-refractivity contribution in [3.63, 3.8) is 0 Å².